The van der Waals surface area contributed by atoms with Gasteiger partial charge < -0.3 is 19.9 Å². The number of nitriles is 1. The second kappa shape index (κ2) is 8.71. The Labute approximate surface area is 172 Å². The van der Waals surface area contributed by atoms with Crippen LogP contribution in [0.4, 0.5) is 11.4 Å². The number of rotatable bonds is 4. The molecule has 29 heavy (non-hydrogen) atoms. The highest BCUT2D eigenvalue weighted by Crippen LogP contribution is 2.35. The maximum atomic E-state index is 12.7. The SMILES string of the molecule is CN1CCN(c2ccc(NC(=O)C3=CCC(C#N)O3)c(C3=CCCCC3)c2)CC1. The number of amides is 1. The highest BCUT2D eigenvalue weighted by atomic mass is 16.5. The van der Waals surface area contributed by atoms with Gasteiger partial charge >= 0.3 is 0 Å². The van der Waals surface area contributed by atoms with E-state index >= 15 is 0 Å². The molecule has 1 N–H and O–H groups in total. The van der Waals surface area contributed by atoms with Crippen LogP contribution in [0.2, 0.25) is 0 Å². The van der Waals surface area contributed by atoms with Gasteiger partial charge in [0, 0.05) is 49.5 Å². The first kappa shape index (κ1) is 19.5. The van der Waals surface area contributed by atoms with Gasteiger partial charge in [0.2, 0.25) is 0 Å². The predicted molar refractivity (Wildman–Crippen MR) is 114 cm³/mol. The van der Waals surface area contributed by atoms with Gasteiger partial charge in [-0.25, -0.2) is 0 Å². The smallest absolute Gasteiger partial charge is 0.290 e. The summed E-state index contributed by atoms with van der Waals surface area (Å²) in [5, 5.41) is 12.0. The molecule has 0 saturated carbocycles. The Bertz CT molecular complexity index is 875. The number of carbonyl (C=O) groups is 1. The van der Waals surface area contributed by atoms with E-state index in [4.69, 9.17) is 10.00 Å². The van der Waals surface area contributed by atoms with E-state index in [1.54, 1.807) is 6.08 Å². The maximum absolute atomic E-state index is 12.7. The Balaban J connectivity index is 1.58. The Morgan fingerprint density at radius 1 is 1.21 bits per heavy atom. The summed E-state index contributed by atoms with van der Waals surface area (Å²) in [5.74, 6) is -0.0453. The summed E-state index contributed by atoms with van der Waals surface area (Å²) >= 11 is 0. The standard InChI is InChI=1S/C23H28N4O2/c1-26-11-13-27(14-12-26)18-7-9-21(20(15-18)17-5-3-2-4-6-17)25-23(28)22-10-8-19(16-24)29-22/h5,7,9-10,15,19H,2-4,6,8,11-14H2,1H3,(H,25,28). The van der Waals surface area contributed by atoms with E-state index in [2.05, 4.69) is 46.4 Å². The Kier molecular flexibility index (Phi) is 5.86. The lowest BCUT2D eigenvalue weighted by molar-refractivity contribution is -0.116. The molecule has 0 aromatic heterocycles. The van der Waals surface area contributed by atoms with Gasteiger partial charge in [-0.15, -0.1) is 0 Å². The molecule has 1 amide bonds. The zero-order chi connectivity index (χ0) is 20.2. The van der Waals surface area contributed by atoms with Crippen molar-refractivity contribution in [2.45, 2.75) is 38.2 Å². The molecular formula is C23H28N4O2. The molecule has 1 saturated heterocycles. The summed E-state index contributed by atoms with van der Waals surface area (Å²) in [6.45, 7) is 4.14. The van der Waals surface area contributed by atoms with E-state index in [1.165, 1.54) is 24.1 Å². The highest BCUT2D eigenvalue weighted by Gasteiger charge is 2.24. The second-order valence-corrected chi connectivity index (χ2v) is 7.99. The van der Waals surface area contributed by atoms with Gasteiger partial charge in [0.15, 0.2) is 11.9 Å². The number of hydrogen-bond donors (Lipinski definition) is 1. The Morgan fingerprint density at radius 3 is 2.72 bits per heavy atom. The summed E-state index contributed by atoms with van der Waals surface area (Å²) < 4.78 is 5.42. The molecule has 2 aliphatic heterocycles. The topological polar surface area (TPSA) is 68.6 Å². The normalized spacial score (nSPS) is 22.3. The predicted octanol–water partition coefficient (Wildman–Crippen LogP) is 3.53. The van der Waals surface area contributed by atoms with E-state index < -0.39 is 6.10 Å². The van der Waals surface area contributed by atoms with Crippen molar-refractivity contribution in [3.8, 4) is 6.07 Å². The van der Waals surface area contributed by atoms with Gasteiger partial charge in [-0.2, -0.15) is 5.26 Å². The molecule has 1 aromatic rings. The first-order valence-corrected chi connectivity index (χ1v) is 10.5. The number of allylic oxidation sites excluding steroid dienone is 2. The molecule has 6 heteroatoms. The fourth-order valence-electron chi connectivity index (χ4n) is 4.12. The van der Waals surface area contributed by atoms with Gasteiger partial charge in [-0.3, -0.25) is 4.79 Å². The summed E-state index contributed by atoms with van der Waals surface area (Å²) in [5.41, 5.74) is 4.42. The molecule has 152 valence electrons. The van der Waals surface area contributed by atoms with Crippen molar-refractivity contribution in [2.24, 2.45) is 0 Å². The molecule has 4 rings (SSSR count). The van der Waals surface area contributed by atoms with E-state index in [9.17, 15) is 4.79 Å². The van der Waals surface area contributed by atoms with Crippen LogP contribution in [0, 0.1) is 11.3 Å². The zero-order valence-electron chi connectivity index (χ0n) is 17.0. The fourth-order valence-corrected chi connectivity index (χ4v) is 4.12. The minimum atomic E-state index is -0.559. The number of ether oxygens (including phenoxy) is 1. The van der Waals surface area contributed by atoms with Gasteiger partial charge in [0.1, 0.15) is 6.07 Å². The fraction of sp³-hybridized carbons (Fsp3) is 0.478. The number of nitrogens with zero attached hydrogens (tertiary/aromatic N) is 3. The summed E-state index contributed by atoms with van der Waals surface area (Å²) in [6.07, 6.45) is 8.41. The number of hydrogen-bond acceptors (Lipinski definition) is 5. The third-order valence-electron chi connectivity index (χ3n) is 5.91. The molecule has 1 aliphatic carbocycles. The van der Waals surface area contributed by atoms with Crippen LogP contribution < -0.4 is 10.2 Å². The van der Waals surface area contributed by atoms with Crippen LogP contribution in [-0.4, -0.2) is 50.1 Å². The van der Waals surface area contributed by atoms with Crippen molar-refractivity contribution in [2.75, 3.05) is 43.4 Å². The van der Waals surface area contributed by atoms with Crippen molar-refractivity contribution in [3.05, 3.63) is 41.7 Å². The van der Waals surface area contributed by atoms with Crippen LogP contribution in [0.1, 0.15) is 37.7 Å². The highest BCUT2D eigenvalue weighted by molar-refractivity contribution is 6.04. The summed E-state index contributed by atoms with van der Waals surface area (Å²) in [6, 6.07) is 8.37. The molecule has 1 atom stereocenters. The molecule has 3 aliphatic rings. The quantitative estimate of drug-likeness (QED) is 0.849. The molecular weight excluding hydrogens is 364 g/mol. The van der Waals surface area contributed by atoms with Crippen molar-refractivity contribution in [3.63, 3.8) is 0 Å². The lowest BCUT2D eigenvalue weighted by Gasteiger charge is -2.34. The Morgan fingerprint density at radius 2 is 2.03 bits per heavy atom. The van der Waals surface area contributed by atoms with Crippen LogP contribution >= 0.6 is 0 Å². The third kappa shape index (κ3) is 4.46. The number of benzene rings is 1. The third-order valence-corrected chi connectivity index (χ3v) is 5.91. The molecule has 1 aromatic carbocycles. The zero-order valence-corrected chi connectivity index (χ0v) is 17.0. The van der Waals surface area contributed by atoms with Crippen molar-refractivity contribution < 1.29 is 9.53 Å². The minimum absolute atomic E-state index is 0.239. The van der Waals surface area contributed by atoms with Crippen molar-refractivity contribution in [1.82, 2.24) is 4.90 Å². The number of piperazine rings is 1. The van der Waals surface area contributed by atoms with E-state index in [0.717, 1.165) is 50.3 Å². The molecule has 0 bridgehead atoms. The Hall–Kier alpha value is -2.78. The molecule has 0 radical (unpaired) electrons. The number of carbonyl (C=O) groups excluding carboxylic acids is 1. The number of anilines is 2. The van der Waals surface area contributed by atoms with Gasteiger partial charge in [-0.05, 0) is 62.6 Å². The number of likely N-dealkylation sites (N-methyl/N-ethyl adjacent to an activating group) is 1. The number of nitrogens with one attached hydrogen (secondary N) is 1. The lowest BCUT2D eigenvalue weighted by Crippen LogP contribution is -2.44. The molecule has 1 unspecified atom stereocenters. The van der Waals surface area contributed by atoms with E-state index in [0.29, 0.717) is 6.42 Å². The summed E-state index contributed by atoms with van der Waals surface area (Å²) in [7, 11) is 2.16. The van der Waals surface area contributed by atoms with E-state index in [-0.39, 0.29) is 11.7 Å². The second-order valence-electron chi connectivity index (χ2n) is 7.99. The molecule has 0 spiro atoms. The van der Waals surface area contributed by atoms with Gasteiger partial charge in [0.25, 0.3) is 5.91 Å². The first-order valence-electron chi connectivity index (χ1n) is 10.5. The van der Waals surface area contributed by atoms with Crippen LogP contribution in [0.25, 0.3) is 5.57 Å². The molecule has 6 nitrogen and oxygen atoms in total. The van der Waals surface area contributed by atoms with Crippen LogP contribution in [-0.2, 0) is 9.53 Å². The minimum Gasteiger partial charge on any atom is -0.470 e. The lowest BCUT2D eigenvalue weighted by atomic mass is 9.92. The maximum Gasteiger partial charge on any atom is 0.290 e. The van der Waals surface area contributed by atoms with Gasteiger partial charge in [0.05, 0.1) is 0 Å². The molecule has 1 fully saturated rings. The van der Waals surface area contributed by atoms with Crippen LogP contribution in [0.5, 0.6) is 0 Å². The molecule has 2 heterocycles. The first-order chi connectivity index (χ1) is 14.1. The van der Waals surface area contributed by atoms with Crippen LogP contribution in [0.3, 0.4) is 0 Å². The van der Waals surface area contributed by atoms with E-state index in [1.807, 2.05) is 6.07 Å². The van der Waals surface area contributed by atoms with Crippen molar-refractivity contribution >= 4 is 22.9 Å². The largest absolute Gasteiger partial charge is 0.470 e. The van der Waals surface area contributed by atoms with Crippen LogP contribution in [0.15, 0.2) is 36.1 Å². The monoisotopic (exact) mass is 392 g/mol. The van der Waals surface area contributed by atoms with Crippen molar-refractivity contribution in [1.29, 1.82) is 5.26 Å². The average Bonchev–Trinajstić information content (AvgIpc) is 3.25. The van der Waals surface area contributed by atoms with Gasteiger partial charge in [-0.1, -0.05) is 6.08 Å². The average molecular weight is 393 g/mol. The summed E-state index contributed by atoms with van der Waals surface area (Å²) in [4.78, 5) is 17.4.